The van der Waals surface area contributed by atoms with Gasteiger partial charge in [0.15, 0.2) is 11.5 Å². The molecule has 0 saturated heterocycles. The lowest BCUT2D eigenvalue weighted by atomic mass is 10.2. The minimum atomic E-state index is -1.05. The SMILES string of the molecule is COc1ccc(CN(CC(=O)O)C(C)=O)cc1OC. The molecule has 0 atom stereocenters. The number of hydrogen-bond donors (Lipinski definition) is 1. The average molecular weight is 267 g/mol. The Hall–Kier alpha value is -2.24. The number of hydrogen-bond acceptors (Lipinski definition) is 4. The van der Waals surface area contributed by atoms with Crippen LogP contribution in [0.3, 0.4) is 0 Å². The summed E-state index contributed by atoms with van der Waals surface area (Å²) in [6, 6.07) is 5.20. The Kier molecular flexibility index (Phi) is 5.17. The van der Waals surface area contributed by atoms with Crippen LogP contribution in [0.4, 0.5) is 0 Å². The summed E-state index contributed by atoms with van der Waals surface area (Å²) >= 11 is 0. The molecule has 1 amide bonds. The second-order valence-electron chi connectivity index (χ2n) is 3.96. The van der Waals surface area contributed by atoms with Crippen LogP contribution in [-0.2, 0) is 16.1 Å². The topological polar surface area (TPSA) is 76.1 Å². The molecule has 19 heavy (non-hydrogen) atoms. The van der Waals surface area contributed by atoms with E-state index in [1.807, 2.05) is 0 Å². The number of carbonyl (C=O) groups excluding carboxylic acids is 1. The number of amides is 1. The number of carboxylic acid groups (broad SMARTS) is 1. The first kappa shape index (κ1) is 14.8. The fraction of sp³-hybridized carbons (Fsp3) is 0.385. The highest BCUT2D eigenvalue weighted by Gasteiger charge is 2.14. The molecule has 0 heterocycles. The van der Waals surface area contributed by atoms with Gasteiger partial charge in [-0.2, -0.15) is 0 Å². The van der Waals surface area contributed by atoms with E-state index in [2.05, 4.69) is 0 Å². The molecule has 104 valence electrons. The highest BCUT2D eigenvalue weighted by Crippen LogP contribution is 2.27. The van der Waals surface area contributed by atoms with Gasteiger partial charge in [0.05, 0.1) is 14.2 Å². The number of rotatable bonds is 6. The Balaban J connectivity index is 2.90. The molecule has 0 aliphatic heterocycles. The summed E-state index contributed by atoms with van der Waals surface area (Å²) in [6.07, 6.45) is 0. The van der Waals surface area contributed by atoms with Crippen LogP contribution >= 0.6 is 0 Å². The molecule has 0 radical (unpaired) electrons. The van der Waals surface area contributed by atoms with Crippen molar-refractivity contribution in [1.29, 1.82) is 0 Å². The van der Waals surface area contributed by atoms with Gasteiger partial charge in [-0.25, -0.2) is 0 Å². The third-order valence-electron chi connectivity index (χ3n) is 2.59. The summed E-state index contributed by atoms with van der Waals surface area (Å²) in [5.41, 5.74) is 0.772. The normalized spacial score (nSPS) is 9.84. The van der Waals surface area contributed by atoms with Crippen molar-refractivity contribution >= 4 is 11.9 Å². The summed E-state index contributed by atoms with van der Waals surface area (Å²) in [5, 5.41) is 8.76. The first-order valence-electron chi connectivity index (χ1n) is 5.66. The van der Waals surface area contributed by atoms with Crippen molar-refractivity contribution in [3.63, 3.8) is 0 Å². The highest BCUT2D eigenvalue weighted by atomic mass is 16.5. The largest absolute Gasteiger partial charge is 0.493 e. The fourth-order valence-electron chi connectivity index (χ4n) is 1.64. The molecule has 1 aromatic rings. The molecule has 0 spiro atoms. The first-order chi connectivity index (χ1) is 8.97. The van der Waals surface area contributed by atoms with E-state index in [0.717, 1.165) is 5.56 Å². The molecule has 0 aromatic heterocycles. The second-order valence-corrected chi connectivity index (χ2v) is 3.96. The van der Waals surface area contributed by atoms with E-state index in [-0.39, 0.29) is 19.0 Å². The van der Waals surface area contributed by atoms with Gasteiger partial charge in [0, 0.05) is 13.5 Å². The molecular formula is C13H17NO5. The number of methoxy groups -OCH3 is 2. The van der Waals surface area contributed by atoms with Gasteiger partial charge in [-0.3, -0.25) is 9.59 Å². The summed E-state index contributed by atoms with van der Waals surface area (Å²) in [5.74, 6) is -0.217. The molecule has 1 aromatic carbocycles. The second kappa shape index (κ2) is 6.63. The van der Waals surface area contributed by atoms with E-state index in [4.69, 9.17) is 14.6 Å². The zero-order valence-corrected chi connectivity index (χ0v) is 11.2. The van der Waals surface area contributed by atoms with Crippen molar-refractivity contribution in [2.24, 2.45) is 0 Å². The minimum absolute atomic E-state index is 0.210. The van der Waals surface area contributed by atoms with Gasteiger partial charge in [-0.15, -0.1) is 0 Å². The predicted octanol–water partition coefficient (Wildman–Crippen LogP) is 1.14. The van der Waals surface area contributed by atoms with E-state index in [0.29, 0.717) is 11.5 Å². The molecule has 6 heteroatoms. The molecule has 0 saturated carbocycles. The first-order valence-corrected chi connectivity index (χ1v) is 5.66. The number of aliphatic carboxylic acids is 1. The minimum Gasteiger partial charge on any atom is -0.493 e. The number of benzene rings is 1. The van der Waals surface area contributed by atoms with Crippen LogP contribution in [0.15, 0.2) is 18.2 Å². The van der Waals surface area contributed by atoms with Crippen LogP contribution < -0.4 is 9.47 Å². The zero-order chi connectivity index (χ0) is 14.4. The number of ether oxygens (including phenoxy) is 2. The van der Waals surface area contributed by atoms with Crippen LogP contribution in [0.5, 0.6) is 11.5 Å². The monoisotopic (exact) mass is 267 g/mol. The van der Waals surface area contributed by atoms with Crippen LogP contribution in [0, 0.1) is 0 Å². The Bertz CT molecular complexity index is 472. The Morgan fingerprint density at radius 1 is 1.21 bits per heavy atom. The maximum absolute atomic E-state index is 11.4. The maximum atomic E-state index is 11.4. The van der Waals surface area contributed by atoms with Gasteiger partial charge in [0.2, 0.25) is 5.91 Å². The Morgan fingerprint density at radius 3 is 2.32 bits per heavy atom. The molecule has 6 nitrogen and oxygen atoms in total. The molecule has 0 aliphatic carbocycles. The Labute approximate surface area is 111 Å². The van der Waals surface area contributed by atoms with Gasteiger partial charge in [0.1, 0.15) is 6.54 Å². The van der Waals surface area contributed by atoms with E-state index in [1.165, 1.54) is 26.0 Å². The van der Waals surface area contributed by atoms with Crippen molar-refractivity contribution < 1.29 is 24.2 Å². The lowest BCUT2D eigenvalue weighted by Crippen LogP contribution is -2.33. The third kappa shape index (κ3) is 4.17. The average Bonchev–Trinajstić information content (AvgIpc) is 2.37. The van der Waals surface area contributed by atoms with Crippen LogP contribution in [0.25, 0.3) is 0 Å². The predicted molar refractivity (Wildman–Crippen MR) is 68.3 cm³/mol. The number of carbonyl (C=O) groups is 2. The van der Waals surface area contributed by atoms with Crippen molar-refractivity contribution in [2.45, 2.75) is 13.5 Å². The smallest absolute Gasteiger partial charge is 0.323 e. The van der Waals surface area contributed by atoms with Crippen LogP contribution in [0.2, 0.25) is 0 Å². The molecule has 0 fully saturated rings. The lowest BCUT2D eigenvalue weighted by molar-refractivity contribution is -0.144. The zero-order valence-electron chi connectivity index (χ0n) is 11.2. The molecule has 1 N–H and O–H groups in total. The summed E-state index contributed by atoms with van der Waals surface area (Å²) < 4.78 is 10.3. The lowest BCUT2D eigenvalue weighted by Gasteiger charge is -2.19. The summed E-state index contributed by atoms with van der Waals surface area (Å²) in [4.78, 5) is 23.3. The van der Waals surface area contributed by atoms with Gasteiger partial charge >= 0.3 is 5.97 Å². The quantitative estimate of drug-likeness (QED) is 0.836. The van der Waals surface area contributed by atoms with Crippen LogP contribution in [-0.4, -0.2) is 42.6 Å². The molecule has 0 aliphatic rings. The molecule has 0 bridgehead atoms. The summed E-state index contributed by atoms with van der Waals surface area (Å²) in [7, 11) is 3.05. The van der Waals surface area contributed by atoms with E-state index in [9.17, 15) is 9.59 Å². The van der Waals surface area contributed by atoms with Crippen LogP contribution in [0.1, 0.15) is 12.5 Å². The molecule has 1 rings (SSSR count). The van der Waals surface area contributed by atoms with Gasteiger partial charge in [-0.1, -0.05) is 6.07 Å². The Morgan fingerprint density at radius 2 is 1.84 bits per heavy atom. The van der Waals surface area contributed by atoms with Gasteiger partial charge in [-0.05, 0) is 17.7 Å². The molecular weight excluding hydrogens is 250 g/mol. The van der Waals surface area contributed by atoms with Gasteiger partial charge in [0.25, 0.3) is 0 Å². The van der Waals surface area contributed by atoms with E-state index >= 15 is 0 Å². The van der Waals surface area contributed by atoms with E-state index < -0.39 is 5.97 Å². The number of nitrogens with zero attached hydrogens (tertiary/aromatic N) is 1. The highest BCUT2D eigenvalue weighted by molar-refractivity contribution is 5.79. The van der Waals surface area contributed by atoms with Gasteiger partial charge < -0.3 is 19.5 Å². The maximum Gasteiger partial charge on any atom is 0.323 e. The fourth-order valence-corrected chi connectivity index (χ4v) is 1.64. The molecule has 0 unspecified atom stereocenters. The van der Waals surface area contributed by atoms with Crippen molar-refractivity contribution in [3.05, 3.63) is 23.8 Å². The standard InChI is InChI=1S/C13H17NO5/c1-9(15)14(8-13(16)17)7-10-4-5-11(18-2)12(6-10)19-3/h4-6H,7-8H2,1-3H3,(H,16,17). The number of carboxylic acids is 1. The van der Waals surface area contributed by atoms with Crippen molar-refractivity contribution in [1.82, 2.24) is 4.90 Å². The summed E-state index contributed by atoms with van der Waals surface area (Å²) in [6.45, 7) is 1.22. The van der Waals surface area contributed by atoms with Crippen molar-refractivity contribution in [3.8, 4) is 11.5 Å². The third-order valence-corrected chi connectivity index (χ3v) is 2.59. The van der Waals surface area contributed by atoms with Crippen molar-refractivity contribution in [2.75, 3.05) is 20.8 Å². The van der Waals surface area contributed by atoms with E-state index in [1.54, 1.807) is 18.2 Å².